The lowest BCUT2D eigenvalue weighted by molar-refractivity contribution is -0.138. The van der Waals surface area contributed by atoms with Crippen LogP contribution in [-0.2, 0) is 22.2 Å². The van der Waals surface area contributed by atoms with Crippen LogP contribution in [0.1, 0.15) is 69.2 Å². The number of nitrogens with one attached hydrogen (secondary N) is 1. The lowest BCUT2D eigenvalue weighted by Gasteiger charge is -2.32. The summed E-state index contributed by atoms with van der Waals surface area (Å²) in [6.07, 6.45) is -5.38. The van der Waals surface area contributed by atoms with Gasteiger partial charge in [-0.2, -0.15) is 13.2 Å². The van der Waals surface area contributed by atoms with Gasteiger partial charge in [0.25, 0.3) is 0 Å². The molecule has 1 aliphatic carbocycles. The van der Waals surface area contributed by atoms with E-state index in [2.05, 4.69) is 5.32 Å². The molecule has 9 heteroatoms. The number of hydrogen-bond donors (Lipinski definition) is 1. The Morgan fingerprint density at radius 2 is 1.47 bits per heavy atom. The third-order valence-electron chi connectivity index (χ3n) is 7.73. The van der Waals surface area contributed by atoms with E-state index < -0.39 is 35.6 Å². The van der Waals surface area contributed by atoms with Crippen molar-refractivity contribution in [2.24, 2.45) is 5.92 Å². The summed E-state index contributed by atoms with van der Waals surface area (Å²) in [7, 11) is 0. The van der Waals surface area contributed by atoms with E-state index in [9.17, 15) is 22.8 Å². The second-order valence-corrected chi connectivity index (χ2v) is 12.0. The van der Waals surface area contributed by atoms with Crippen molar-refractivity contribution in [3.8, 4) is 11.1 Å². The first-order chi connectivity index (χ1) is 20.3. The SMILES string of the molecule is CC[C@H](C)[C@@H](CN(Cc1ccccc1C(F)(F)F)C(=O)OCC1c2ccccc2-c2ccccc21)NC(=O)OC(C)(C)C. The predicted octanol–water partition coefficient (Wildman–Crippen LogP) is 8.40. The number of benzene rings is 3. The molecule has 0 saturated carbocycles. The second-order valence-electron chi connectivity index (χ2n) is 12.0. The number of halogens is 3. The van der Waals surface area contributed by atoms with Crippen LogP contribution in [-0.4, -0.2) is 41.9 Å². The molecule has 0 radical (unpaired) electrons. The van der Waals surface area contributed by atoms with Crippen molar-refractivity contribution in [3.63, 3.8) is 0 Å². The van der Waals surface area contributed by atoms with Crippen LogP contribution in [0.15, 0.2) is 72.8 Å². The maximum Gasteiger partial charge on any atom is 0.416 e. The standard InChI is InChI=1S/C34H39F3N2O4/c1-6-22(2)30(38-31(40)43-33(3,4)5)20-39(19-23-13-7-12-18-29(23)34(35,36)37)32(41)42-21-28-26-16-10-8-14-24(26)25-15-9-11-17-27(25)28/h7-18,22,28,30H,6,19-21H2,1-5H3,(H,38,40)/t22-,30+/m0/s1. The zero-order valence-electron chi connectivity index (χ0n) is 25.2. The van der Waals surface area contributed by atoms with E-state index in [1.165, 1.54) is 23.1 Å². The fourth-order valence-electron chi connectivity index (χ4n) is 5.38. The second kappa shape index (κ2) is 13.1. The molecule has 0 unspecified atom stereocenters. The van der Waals surface area contributed by atoms with E-state index in [-0.39, 0.29) is 37.1 Å². The minimum atomic E-state index is -4.60. The summed E-state index contributed by atoms with van der Waals surface area (Å²) in [5.41, 5.74) is 2.53. The van der Waals surface area contributed by atoms with E-state index in [0.717, 1.165) is 28.3 Å². The van der Waals surface area contributed by atoms with Crippen LogP contribution in [0.25, 0.3) is 11.1 Å². The third-order valence-corrected chi connectivity index (χ3v) is 7.73. The number of ether oxygens (including phenoxy) is 2. The summed E-state index contributed by atoms with van der Waals surface area (Å²) in [5.74, 6) is -0.333. The first-order valence-corrected chi connectivity index (χ1v) is 14.5. The lowest BCUT2D eigenvalue weighted by atomic mass is 9.98. The normalized spacial score (nSPS) is 14.3. The zero-order chi connectivity index (χ0) is 31.4. The number of carbonyl (C=O) groups excluding carboxylic acids is 2. The molecular weight excluding hydrogens is 557 g/mol. The van der Waals surface area contributed by atoms with Gasteiger partial charge in [-0.1, -0.05) is 87.0 Å². The summed E-state index contributed by atoms with van der Waals surface area (Å²) in [6.45, 7) is 8.64. The molecule has 0 bridgehead atoms. The highest BCUT2D eigenvalue weighted by atomic mass is 19.4. The molecule has 4 rings (SSSR count). The van der Waals surface area contributed by atoms with Crippen LogP contribution in [0.4, 0.5) is 22.8 Å². The first kappa shape index (κ1) is 31.9. The molecule has 2 amide bonds. The Labute approximate surface area is 251 Å². The van der Waals surface area contributed by atoms with Crippen molar-refractivity contribution >= 4 is 12.2 Å². The zero-order valence-corrected chi connectivity index (χ0v) is 25.2. The average Bonchev–Trinajstić information content (AvgIpc) is 3.27. The van der Waals surface area contributed by atoms with Crippen LogP contribution in [0.3, 0.4) is 0 Å². The molecule has 3 aromatic carbocycles. The van der Waals surface area contributed by atoms with E-state index in [1.54, 1.807) is 20.8 Å². The molecule has 0 saturated heterocycles. The molecule has 0 fully saturated rings. The number of hydrogen-bond acceptors (Lipinski definition) is 4. The van der Waals surface area contributed by atoms with Gasteiger partial charge in [0.15, 0.2) is 0 Å². The molecule has 0 spiro atoms. The van der Waals surface area contributed by atoms with Gasteiger partial charge in [-0.25, -0.2) is 9.59 Å². The van der Waals surface area contributed by atoms with E-state index in [4.69, 9.17) is 9.47 Å². The van der Waals surface area contributed by atoms with Crippen molar-refractivity contribution < 1.29 is 32.2 Å². The highest BCUT2D eigenvalue weighted by molar-refractivity contribution is 5.79. The van der Waals surface area contributed by atoms with E-state index in [0.29, 0.717) is 6.42 Å². The third kappa shape index (κ3) is 7.89. The Balaban J connectivity index is 1.61. The topological polar surface area (TPSA) is 67.9 Å². The van der Waals surface area contributed by atoms with Gasteiger partial charge in [0, 0.05) is 19.0 Å². The molecule has 2 atom stereocenters. The van der Waals surface area contributed by atoms with Gasteiger partial charge in [-0.15, -0.1) is 0 Å². The van der Waals surface area contributed by atoms with Crippen molar-refractivity contribution in [3.05, 3.63) is 95.1 Å². The molecule has 0 aliphatic heterocycles. The van der Waals surface area contributed by atoms with Gasteiger partial charge in [-0.05, 0) is 60.6 Å². The summed E-state index contributed by atoms with van der Waals surface area (Å²) in [5, 5.41) is 2.83. The average molecular weight is 597 g/mol. The number of alkyl halides is 3. The van der Waals surface area contributed by atoms with Crippen LogP contribution in [0, 0.1) is 5.92 Å². The van der Waals surface area contributed by atoms with Crippen molar-refractivity contribution in [1.82, 2.24) is 10.2 Å². The Morgan fingerprint density at radius 1 is 0.907 bits per heavy atom. The Morgan fingerprint density at radius 3 is 2.02 bits per heavy atom. The highest BCUT2D eigenvalue weighted by Gasteiger charge is 2.35. The van der Waals surface area contributed by atoms with Crippen LogP contribution in [0.2, 0.25) is 0 Å². The number of amides is 2. The van der Waals surface area contributed by atoms with E-state index >= 15 is 0 Å². The van der Waals surface area contributed by atoms with Crippen LogP contribution in [0.5, 0.6) is 0 Å². The lowest BCUT2D eigenvalue weighted by Crippen LogP contribution is -2.50. The Hall–Kier alpha value is -4.01. The number of nitrogens with zero attached hydrogens (tertiary/aromatic N) is 1. The van der Waals surface area contributed by atoms with Gasteiger partial charge in [0.05, 0.1) is 11.6 Å². The minimum Gasteiger partial charge on any atom is -0.448 e. The smallest absolute Gasteiger partial charge is 0.416 e. The summed E-state index contributed by atoms with van der Waals surface area (Å²) in [4.78, 5) is 27.7. The first-order valence-electron chi connectivity index (χ1n) is 14.5. The summed E-state index contributed by atoms with van der Waals surface area (Å²) >= 11 is 0. The number of fused-ring (bicyclic) bond motifs is 3. The van der Waals surface area contributed by atoms with Gasteiger partial charge < -0.3 is 19.7 Å². The van der Waals surface area contributed by atoms with E-state index in [1.807, 2.05) is 62.4 Å². The molecule has 3 aromatic rings. The molecule has 43 heavy (non-hydrogen) atoms. The quantitative estimate of drug-likeness (QED) is 0.269. The molecule has 1 N–H and O–H groups in total. The minimum absolute atomic E-state index is 0.0117. The maximum absolute atomic E-state index is 13.9. The fraction of sp³-hybridized carbons (Fsp3) is 0.412. The molecule has 0 aromatic heterocycles. The van der Waals surface area contributed by atoms with Crippen LogP contribution < -0.4 is 5.32 Å². The molecular formula is C34H39F3N2O4. The Bertz CT molecular complexity index is 1390. The summed E-state index contributed by atoms with van der Waals surface area (Å²) in [6, 6.07) is 20.4. The Kier molecular flexibility index (Phi) is 9.72. The van der Waals surface area contributed by atoms with Crippen molar-refractivity contribution in [1.29, 1.82) is 0 Å². The maximum atomic E-state index is 13.9. The van der Waals surface area contributed by atoms with Crippen LogP contribution >= 0.6 is 0 Å². The van der Waals surface area contributed by atoms with Gasteiger partial charge in [0.1, 0.15) is 12.2 Å². The summed E-state index contributed by atoms with van der Waals surface area (Å²) < 4.78 is 53.0. The number of carbonyl (C=O) groups is 2. The molecule has 230 valence electrons. The molecule has 1 aliphatic rings. The van der Waals surface area contributed by atoms with Gasteiger partial charge in [-0.3, -0.25) is 0 Å². The number of alkyl carbamates (subject to hydrolysis) is 1. The largest absolute Gasteiger partial charge is 0.448 e. The van der Waals surface area contributed by atoms with Gasteiger partial charge >= 0.3 is 18.4 Å². The van der Waals surface area contributed by atoms with Crippen molar-refractivity contribution in [2.45, 2.75) is 71.3 Å². The monoisotopic (exact) mass is 596 g/mol. The molecule has 0 heterocycles. The van der Waals surface area contributed by atoms with Gasteiger partial charge in [0.2, 0.25) is 0 Å². The fourth-order valence-corrected chi connectivity index (χ4v) is 5.38. The number of rotatable bonds is 9. The molecule has 6 nitrogen and oxygen atoms in total. The van der Waals surface area contributed by atoms with Crippen molar-refractivity contribution in [2.75, 3.05) is 13.2 Å². The highest BCUT2D eigenvalue weighted by Crippen LogP contribution is 2.44. The predicted molar refractivity (Wildman–Crippen MR) is 160 cm³/mol.